The Balaban J connectivity index is 2.64. The Morgan fingerprint density at radius 2 is 1.85 bits per heavy atom. The molecule has 1 nitrogen and oxygen atoms in total. The van der Waals surface area contributed by atoms with Crippen molar-refractivity contribution in [1.29, 1.82) is 0 Å². The lowest BCUT2D eigenvalue weighted by Gasteiger charge is -2.14. The molecule has 0 amide bonds. The first-order valence-electron chi connectivity index (χ1n) is 5.04. The van der Waals surface area contributed by atoms with Crippen molar-refractivity contribution < 1.29 is 0 Å². The molecule has 0 aliphatic rings. The largest absolute Gasteiger partial charge is 0.257 e. The second kappa shape index (κ2) is 6.10. The van der Waals surface area contributed by atoms with E-state index in [1.165, 1.54) is 30.6 Å². The van der Waals surface area contributed by atoms with Crippen molar-refractivity contribution in [3.8, 4) is 0 Å². The van der Waals surface area contributed by atoms with E-state index in [9.17, 15) is 0 Å². The normalized spacial score (nSPS) is 10.7. The summed E-state index contributed by atoms with van der Waals surface area (Å²) in [5, 5.41) is 0. The number of nitrogens with zero attached hydrogens (tertiary/aromatic N) is 1. The fraction of sp³-hybridized carbons (Fsp3) is 0.545. The zero-order valence-corrected chi connectivity index (χ0v) is 9.43. The summed E-state index contributed by atoms with van der Waals surface area (Å²) in [7, 11) is 0.0329. The summed E-state index contributed by atoms with van der Waals surface area (Å²) in [6, 6.07) is 6.27. The molecule has 0 saturated heterocycles. The molecule has 0 bridgehead atoms. The van der Waals surface area contributed by atoms with Gasteiger partial charge >= 0.3 is 0 Å². The van der Waals surface area contributed by atoms with Gasteiger partial charge in [0.1, 0.15) is 0 Å². The predicted octanol–water partition coefficient (Wildman–Crippen LogP) is 3.01. The highest BCUT2D eigenvalue weighted by molar-refractivity contribution is 7.65. The van der Waals surface area contributed by atoms with Crippen molar-refractivity contribution in [2.75, 3.05) is 12.3 Å². The van der Waals surface area contributed by atoms with Gasteiger partial charge in [-0.25, -0.2) is 0 Å². The highest BCUT2D eigenvalue weighted by Crippen LogP contribution is 2.34. The number of pyridine rings is 1. The molecule has 0 aliphatic heterocycles. The number of rotatable bonds is 5. The Labute approximate surface area is 82.3 Å². The van der Waals surface area contributed by atoms with Gasteiger partial charge in [-0.05, 0) is 24.5 Å². The van der Waals surface area contributed by atoms with E-state index >= 15 is 0 Å². The van der Waals surface area contributed by atoms with Crippen LogP contribution in [0.1, 0.15) is 26.7 Å². The monoisotopic (exact) mass is 195 g/mol. The third-order valence-corrected chi connectivity index (χ3v) is 4.85. The van der Waals surface area contributed by atoms with E-state index in [0.717, 1.165) is 0 Å². The van der Waals surface area contributed by atoms with Gasteiger partial charge in [0.15, 0.2) is 0 Å². The van der Waals surface area contributed by atoms with E-state index in [1.54, 1.807) is 0 Å². The minimum absolute atomic E-state index is 0.0329. The molecule has 0 spiro atoms. The summed E-state index contributed by atoms with van der Waals surface area (Å²) in [4.78, 5) is 4.45. The van der Waals surface area contributed by atoms with Crippen LogP contribution in [0.4, 0.5) is 0 Å². The molecule has 0 aliphatic carbocycles. The fourth-order valence-corrected chi connectivity index (χ4v) is 3.71. The van der Waals surface area contributed by atoms with Gasteiger partial charge < -0.3 is 0 Å². The van der Waals surface area contributed by atoms with Crippen LogP contribution >= 0.6 is 7.92 Å². The lowest BCUT2D eigenvalue weighted by Crippen LogP contribution is -2.09. The molecule has 1 aromatic rings. The summed E-state index contributed by atoms with van der Waals surface area (Å²) in [5.41, 5.74) is 1.33. The maximum absolute atomic E-state index is 4.45. The van der Waals surface area contributed by atoms with E-state index in [2.05, 4.69) is 31.0 Å². The SMILES string of the molecule is CCCP(CCC)c1ccccn1. The Bertz CT molecular complexity index is 217. The molecule has 0 aromatic carbocycles. The van der Waals surface area contributed by atoms with Gasteiger partial charge in [0.2, 0.25) is 0 Å². The highest BCUT2D eigenvalue weighted by Gasteiger charge is 2.08. The molecule has 0 radical (unpaired) electrons. The van der Waals surface area contributed by atoms with Crippen molar-refractivity contribution in [2.45, 2.75) is 26.7 Å². The second-order valence-electron chi connectivity index (χ2n) is 3.17. The average Bonchev–Trinajstić information content (AvgIpc) is 2.19. The van der Waals surface area contributed by atoms with Crippen molar-refractivity contribution in [2.24, 2.45) is 0 Å². The van der Waals surface area contributed by atoms with Crippen LogP contribution < -0.4 is 5.44 Å². The van der Waals surface area contributed by atoms with E-state index in [-0.39, 0.29) is 7.92 Å². The topological polar surface area (TPSA) is 12.9 Å². The highest BCUT2D eigenvalue weighted by atomic mass is 31.1. The maximum atomic E-state index is 4.45. The van der Waals surface area contributed by atoms with Crippen molar-refractivity contribution in [3.63, 3.8) is 0 Å². The first-order valence-corrected chi connectivity index (χ1v) is 6.75. The van der Waals surface area contributed by atoms with E-state index in [1.807, 2.05) is 12.3 Å². The second-order valence-corrected chi connectivity index (χ2v) is 5.61. The molecule has 0 fully saturated rings. The van der Waals surface area contributed by atoms with Crippen LogP contribution in [0.25, 0.3) is 0 Å². The summed E-state index contributed by atoms with van der Waals surface area (Å²) in [5.74, 6) is 0. The molecule has 13 heavy (non-hydrogen) atoms. The Morgan fingerprint density at radius 3 is 2.31 bits per heavy atom. The molecular weight excluding hydrogens is 177 g/mol. The molecule has 2 heteroatoms. The standard InChI is InChI=1S/C11H18NP/c1-3-9-13(10-4-2)11-7-5-6-8-12-11/h5-8H,3-4,9-10H2,1-2H3. The lowest BCUT2D eigenvalue weighted by atomic mass is 10.5. The zero-order chi connectivity index (χ0) is 9.52. The molecule has 0 saturated carbocycles. The summed E-state index contributed by atoms with van der Waals surface area (Å²) in [6.45, 7) is 4.52. The Kier molecular flexibility index (Phi) is 5.00. The van der Waals surface area contributed by atoms with Crippen molar-refractivity contribution in [3.05, 3.63) is 24.4 Å². The Morgan fingerprint density at radius 1 is 1.15 bits per heavy atom. The van der Waals surface area contributed by atoms with Gasteiger partial charge in [-0.1, -0.05) is 40.7 Å². The van der Waals surface area contributed by atoms with Crippen LogP contribution in [0.15, 0.2) is 24.4 Å². The van der Waals surface area contributed by atoms with E-state index in [0.29, 0.717) is 0 Å². The van der Waals surface area contributed by atoms with Gasteiger partial charge in [0, 0.05) is 6.20 Å². The predicted molar refractivity (Wildman–Crippen MR) is 61.1 cm³/mol. The van der Waals surface area contributed by atoms with Crippen molar-refractivity contribution >= 4 is 13.4 Å². The van der Waals surface area contributed by atoms with Crippen LogP contribution in [0.5, 0.6) is 0 Å². The first kappa shape index (κ1) is 10.7. The van der Waals surface area contributed by atoms with Gasteiger partial charge in [0.25, 0.3) is 0 Å². The van der Waals surface area contributed by atoms with Crippen LogP contribution in [-0.2, 0) is 0 Å². The number of aromatic nitrogens is 1. The molecular formula is C11H18NP. The van der Waals surface area contributed by atoms with Crippen LogP contribution in [0.3, 0.4) is 0 Å². The quantitative estimate of drug-likeness (QED) is 0.658. The van der Waals surface area contributed by atoms with Crippen molar-refractivity contribution in [1.82, 2.24) is 4.98 Å². The number of hydrogen-bond acceptors (Lipinski definition) is 1. The average molecular weight is 195 g/mol. The minimum Gasteiger partial charge on any atom is -0.257 e. The molecule has 1 heterocycles. The van der Waals surface area contributed by atoms with Crippen LogP contribution in [-0.4, -0.2) is 17.3 Å². The van der Waals surface area contributed by atoms with Gasteiger partial charge in [0.05, 0.1) is 5.44 Å². The molecule has 1 aromatic heterocycles. The first-order chi connectivity index (χ1) is 6.38. The Hall–Kier alpha value is -0.420. The maximum Gasteiger partial charge on any atom is 0.0630 e. The molecule has 72 valence electrons. The zero-order valence-electron chi connectivity index (χ0n) is 8.53. The third-order valence-electron chi connectivity index (χ3n) is 1.96. The van der Waals surface area contributed by atoms with E-state index in [4.69, 9.17) is 0 Å². The van der Waals surface area contributed by atoms with Gasteiger partial charge in [-0.2, -0.15) is 0 Å². The molecule has 1 rings (SSSR count). The summed E-state index contributed by atoms with van der Waals surface area (Å²) < 4.78 is 0. The minimum atomic E-state index is 0.0329. The number of hydrogen-bond donors (Lipinski definition) is 0. The fourth-order valence-electron chi connectivity index (χ4n) is 1.42. The van der Waals surface area contributed by atoms with Crippen LogP contribution in [0, 0.1) is 0 Å². The van der Waals surface area contributed by atoms with Gasteiger partial charge in [-0.15, -0.1) is 0 Å². The lowest BCUT2D eigenvalue weighted by molar-refractivity contribution is 1.06. The molecule has 0 N–H and O–H groups in total. The van der Waals surface area contributed by atoms with E-state index < -0.39 is 0 Å². The van der Waals surface area contributed by atoms with Crippen LogP contribution in [0.2, 0.25) is 0 Å². The van der Waals surface area contributed by atoms with Gasteiger partial charge in [-0.3, -0.25) is 4.98 Å². The third kappa shape index (κ3) is 3.44. The summed E-state index contributed by atoms with van der Waals surface area (Å²) in [6.07, 6.45) is 7.14. The smallest absolute Gasteiger partial charge is 0.0630 e. The molecule has 0 atom stereocenters. The summed E-state index contributed by atoms with van der Waals surface area (Å²) >= 11 is 0. The molecule has 0 unspecified atom stereocenters.